The predicted molar refractivity (Wildman–Crippen MR) is 141 cm³/mol. The predicted octanol–water partition coefficient (Wildman–Crippen LogP) is 4.97. The smallest absolute Gasteiger partial charge is 0.391 e. The molecule has 1 amide bonds. The number of alkyl halides is 3. The van der Waals surface area contributed by atoms with E-state index in [4.69, 9.17) is 0 Å². The van der Waals surface area contributed by atoms with E-state index < -0.39 is 33.9 Å². The van der Waals surface area contributed by atoms with Crippen molar-refractivity contribution in [1.82, 2.24) is 15.2 Å². The zero-order chi connectivity index (χ0) is 28.4. The molecule has 0 unspecified atom stereocenters. The standard InChI is InChI=1S/C28H36F3N3O4S/c1-3-25-26-21(16-34(25)15-18-5-9-22(10-6-18)28(29,30)31)13-20(14-32-26)27(36)33-24(17-35)19-7-11-23(12-8-19)39(37,38)4-2/h7-8,11-14,18,22,24-25,35H,3-6,9-10,15-17H2,1-2H3,(H,33,36)/t18-,22-,24-,25+/m0/s1. The molecule has 2 heterocycles. The average Bonchev–Trinajstić information content (AvgIpc) is 3.27. The van der Waals surface area contributed by atoms with E-state index >= 15 is 0 Å². The van der Waals surface area contributed by atoms with E-state index in [-0.39, 0.29) is 42.1 Å². The summed E-state index contributed by atoms with van der Waals surface area (Å²) in [6, 6.07) is 7.22. The summed E-state index contributed by atoms with van der Waals surface area (Å²) in [6.07, 6.45) is -0.324. The van der Waals surface area contributed by atoms with Crippen molar-refractivity contribution < 1.29 is 31.5 Å². The molecule has 1 fully saturated rings. The van der Waals surface area contributed by atoms with Crippen molar-refractivity contribution in [3.63, 3.8) is 0 Å². The summed E-state index contributed by atoms with van der Waals surface area (Å²) in [5.74, 6) is -1.42. The molecule has 2 N–H and O–H groups in total. The number of pyridine rings is 1. The number of aliphatic hydroxyl groups excluding tert-OH is 1. The summed E-state index contributed by atoms with van der Waals surface area (Å²) in [7, 11) is -3.36. The molecule has 0 spiro atoms. The molecule has 0 bridgehead atoms. The Labute approximate surface area is 227 Å². The number of nitrogens with one attached hydrogen (secondary N) is 1. The largest absolute Gasteiger partial charge is 0.394 e. The van der Waals surface area contributed by atoms with E-state index in [1.165, 1.54) is 18.3 Å². The second-order valence-electron chi connectivity index (χ2n) is 10.6. The van der Waals surface area contributed by atoms with Gasteiger partial charge in [0.15, 0.2) is 9.84 Å². The lowest BCUT2D eigenvalue weighted by atomic mass is 9.81. The van der Waals surface area contributed by atoms with Crippen molar-refractivity contribution in [1.29, 1.82) is 0 Å². The number of sulfone groups is 1. The first-order valence-corrected chi connectivity index (χ1v) is 15.2. The number of aliphatic hydroxyl groups is 1. The van der Waals surface area contributed by atoms with Gasteiger partial charge in [0.1, 0.15) is 0 Å². The van der Waals surface area contributed by atoms with E-state index in [0.717, 1.165) is 17.7 Å². The third-order valence-corrected chi connectivity index (χ3v) is 9.84. The van der Waals surface area contributed by atoms with Crippen LogP contribution >= 0.6 is 0 Å². The van der Waals surface area contributed by atoms with Gasteiger partial charge < -0.3 is 10.4 Å². The van der Waals surface area contributed by atoms with Crippen molar-refractivity contribution in [3.8, 4) is 0 Å². The molecule has 2 atom stereocenters. The first kappa shape index (κ1) is 29.5. The van der Waals surface area contributed by atoms with Gasteiger partial charge in [0.05, 0.1) is 46.5 Å². The van der Waals surface area contributed by atoms with Gasteiger partial charge in [-0.2, -0.15) is 13.2 Å². The third-order valence-electron chi connectivity index (χ3n) is 8.09. The van der Waals surface area contributed by atoms with Crippen LogP contribution in [0.5, 0.6) is 0 Å². The quantitative estimate of drug-likeness (QED) is 0.444. The van der Waals surface area contributed by atoms with E-state index in [1.54, 1.807) is 25.1 Å². The van der Waals surface area contributed by atoms with Gasteiger partial charge in [-0.25, -0.2) is 8.42 Å². The normalized spacial score (nSPS) is 22.9. The van der Waals surface area contributed by atoms with Crippen LogP contribution in [-0.4, -0.2) is 54.4 Å². The third kappa shape index (κ3) is 6.63. The van der Waals surface area contributed by atoms with Crippen LogP contribution in [0.1, 0.15) is 85.2 Å². The van der Waals surface area contributed by atoms with E-state index in [2.05, 4.69) is 22.1 Å². The Morgan fingerprint density at radius 3 is 2.38 bits per heavy atom. The SMILES string of the molecule is CC[C@@H]1c2ncc(C(=O)N[C@@H](CO)c3ccc(S(=O)(=O)CC)cc3)cc2CN1C[C@H]1CC[C@H](C(F)(F)F)CC1. The first-order chi connectivity index (χ1) is 18.5. The van der Waals surface area contributed by atoms with Crippen LogP contribution in [0.15, 0.2) is 41.4 Å². The number of hydrogen-bond donors (Lipinski definition) is 2. The summed E-state index contributed by atoms with van der Waals surface area (Å²) in [4.78, 5) is 20.1. The molecular weight excluding hydrogens is 531 g/mol. The molecule has 39 heavy (non-hydrogen) atoms. The van der Waals surface area contributed by atoms with Crippen molar-refractivity contribution >= 4 is 15.7 Å². The van der Waals surface area contributed by atoms with E-state index in [1.807, 2.05) is 0 Å². The molecule has 1 aliphatic carbocycles. The molecule has 214 valence electrons. The minimum atomic E-state index is -4.12. The highest BCUT2D eigenvalue weighted by molar-refractivity contribution is 7.91. The monoisotopic (exact) mass is 567 g/mol. The maximum absolute atomic E-state index is 13.1. The van der Waals surface area contributed by atoms with Gasteiger partial charge in [0, 0.05) is 19.3 Å². The van der Waals surface area contributed by atoms with Gasteiger partial charge in [0.2, 0.25) is 0 Å². The molecule has 4 rings (SSSR count). The highest BCUT2D eigenvalue weighted by atomic mass is 32.2. The van der Waals surface area contributed by atoms with Gasteiger partial charge in [0.25, 0.3) is 5.91 Å². The van der Waals surface area contributed by atoms with Gasteiger partial charge in [-0.1, -0.05) is 26.0 Å². The zero-order valence-corrected chi connectivity index (χ0v) is 23.1. The van der Waals surface area contributed by atoms with Crippen molar-refractivity contribution in [2.45, 2.75) is 75.7 Å². The lowest BCUT2D eigenvalue weighted by Gasteiger charge is -2.33. The second-order valence-corrected chi connectivity index (χ2v) is 12.8. The Bertz CT molecular complexity index is 1260. The van der Waals surface area contributed by atoms with Crippen molar-refractivity contribution in [2.75, 3.05) is 18.9 Å². The van der Waals surface area contributed by atoms with Gasteiger partial charge in [-0.15, -0.1) is 0 Å². The number of carbonyl (C=O) groups is 1. The molecule has 7 nitrogen and oxygen atoms in total. The highest BCUT2D eigenvalue weighted by Gasteiger charge is 2.42. The molecular formula is C28H36F3N3O4S. The molecule has 1 aliphatic heterocycles. The molecule has 11 heteroatoms. The van der Waals surface area contributed by atoms with Crippen LogP contribution in [0, 0.1) is 11.8 Å². The molecule has 0 saturated heterocycles. The molecule has 2 aliphatic rings. The summed E-state index contributed by atoms with van der Waals surface area (Å²) in [6.45, 7) is 4.54. The number of nitrogens with zero attached hydrogens (tertiary/aromatic N) is 2. The number of benzene rings is 1. The fraction of sp³-hybridized carbons (Fsp3) is 0.571. The Hall–Kier alpha value is -2.50. The summed E-state index contributed by atoms with van der Waals surface area (Å²) in [5.41, 5.74) is 2.74. The van der Waals surface area contributed by atoms with Crippen LogP contribution in [0.2, 0.25) is 0 Å². The Balaban J connectivity index is 1.41. The Morgan fingerprint density at radius 2 is 1.82 bits per heavy atom. The van der Waals surface area contributed by atoms with Gasteiger partial charge >= 0.3 is 6.18 Å². The summed E-state index contributed by atoms with van der Waals surface area (Å²) < 4.78 is 63.3. The number of rotatable bonds is 9. The van der Waals surface area contributed by atoms with Crippen molar-refractivity contribution in [3.05, 3.63) is 58.9 Å². The number of hydrogen-bond acceptors (Lipinski definition) is 6. The van der Waals surface area contributed by atoms with Crippen LogP contribution < -0.4 is 5.32 Å². The number of amides is 1. The summed E-state index contributed by atoms with van der Waals surface area (Å²) >= 11 is 0. The maximum Gasteiger partial charge on any atom is 0.391 e. The Morgan fingerprint density at radius 1 is 1.15 bits per heavy atom. The highest BCUT2D eigenvalue weighted by Crippen LogP contribution is 2.42. The number of halogens is 3. The zero-order valence-electron chi connectivity index (χ0n) is 22.2. The first-order valence-electron chi connectivity index (χ1n) is 13.5. The van der Waals surface area contributed by atoms with Gasteiger partial charge in [-0.3, -0.25) is 14.7 Å². The van der Waals surface area contributed by atoms with E-state index in [0.29, 0.717) is 37.1 Å². The lowest BCUT2D eigenvalue weighted by molar-refractivity contribution is -0.184. The lowest BCUT2D eigenvalue weighted by Crippen LogP contribution is -2.33. The fourth-order valence-corrected chi connectivity index (χ4v) is 6.66. The molecule has 1 aromatic heterocycles. The number of fused-ring (bicyclic) bond motifs is 1. The minimum absolute atomic E-state index is 0.0205. The van der Waals surface area contributed by atoms with Crippen LogP contribution in [0.25, 0.3) is 0 Å². The number of carbonyl (C=O) groups excluding carboxylic acids is 1. The van der Waals surface area contributed by atoms with Crippen LogP contribution in [0.4, 0.5) is 13.2 Å². The molecule has 1 aromatic carbocycles. The topological polar surface area (TPSA) is 99.6 Å². The molecule has 0 radical (unpaired) electrons. The fourth-order valence-electron chi connectivity index (χ4n) is 5.77. The van der Waals surface area contributed by atoms with E-state index in [9.17, 15) is 31.5 Å². The summed E-state index contributed by atoms with van der Waals surface area (Å²) in [5, 5.41) is 12.7. The average molecular weight is 568 g/mol. The molecule has 2 aromatic rings. The Kier molecular flexibility index (Phi) is 9.02. The van der Waals surface area contributed by atoms with Crippen LogP contribution in [-0.2, 0) is 16.4 Å². The maximum atomic E-state index is 13.1. The number of aromatic nitrogens is 1. The van der Waals surface area contributed by atoms with Crippen LogP contribution in [0.3, 0.4) is 0 Å². The molecule has 1 saturated carbocycles. The van der Waals surface area contributed by atoms with Gasteiger partial charge in [-0.05, 0) is 67.3 Å². The second kappa shape index (κ2) is 11.9. The van der Waals surface area contributed by atoms with Crippen molar-refractivity contribution in [2.24, 2.45) is 11.8 Å². The minimum Gasteiger partial charge on any atom is -0.394 e.